The highest BCUT2D eigenvalue weighted by Gasteiger charge is 2.30. The van der Waals surface area contributed by atoms with E-state index in [4.69, 9.17) is 4.42 Å². The van der Waals surface area contributed by atoms with E-state index < -0.39 is 21.0 Å². The monoisotopic (exact) mass is 370 g/mol. The quantitative estimate of drug-likeness (QED) is 0.721. The average Bonchev–Trinajstić information content (AvgIpc) is 3.17. The van der Waals surface area contributed by atoms with Gasteiger partial charge in [0.15, 0.2) is 15.6 Å². The summed E-state index contributed by atoms with van der Waals surface area (Å²) in [5.41, 5.74) is 1.47. The molecule has 0 aliphatic heterocycles. The minimum Gasteiger partial charge on any atom is -0.459 e. The Morgan fingerprint density at radius 3 is 2.54 bits per heavy atom. The number of rotatable bonds is 6. The van der Waals surface area contributed by atoms with E-state index in [0.29, 0.717) is 5.56 Å². The number of benzene rings is 1. The smallest absolute Gasteiger partial charge is 0.287 e. The van der Waals surface area contributed by atoms with Crippen molar-refractivity contribution in [3.8, 4) is 0 Å². The van der Waals surface area contributed by atoms with E-state index in [1.165, 1.54) is 18.5 Å². The molecule has 0 spiro atoms. The Hall–Kier alpha value is -2.93. The summed E-state index contributed by atoms with van der Waals surface area (Å²) in [6.07, 6.45) is 4.45. The molecule has 1 atom stereocenters. The number of furan rings is 1. The Labute approximate surface area is 151 Å². The van der Waals surface area contributed by atoms with E-state index in [-0.39, 0.29) is 17.2 Å². The molecule has 0 radical (unpaired) electrons. The van der Waals surface area contributed by atoms with Gasteiger partial charge >= 0.3 is 0 Å². The van der Waals surface area contributed by atoms with Crippen LogP contribution in [0, 0.1) is 6.92 Å². The minimum atomic E-state index is -3.72. The topological polar surface area (TPSA) is 89.3 Å². The van der Waals surface area contributed by atoms with Crippen molar-refractivity contribution in [1.82, 2.24) is 10.3 Å². The standard InChI is InChI=1S/C19H18N2O4S/c1-14-6-8-16(9-7-14)26(23,24)18(15-4-2-10-20-12-15)13-21-19(22)17-5-3-11-25-17/h2-12,18H,13H2,1H3,(H,21,22)/t18-/m1/s1. The summed E-state index contributed by atoms with van der Waals surface area (Å²) >= 11 is 0. The van der Waals surface area contributed by atoms with Crippen LogP contribution in [0.1, 0.15) is 26.9 Å². The van der Waals surface area contributed by atoms with Crippen LogP contribution < -0.4 is 5.32 Å². The molecular weight excluding hydrogens is 352 g/mol. The molecule has 0 aliphatic rings. The van der Waals surface area contributed by atoms with E-state index in [2.05, 4.69) is 10.3 Å². The highest BCUT2D eigenvalue weighted by Crippen LogP contribution is 2.28. The van der Waals surface area contributed by atoms with Crippen molar-refractivity contribution in [2.45, 2.75) is 17.1 Å². The molecule has 1 amide bonds. The van der Waals surface area contributed by atoms with Crippen LogP contribution in [0.15, 0.2) is 76.5 Å². The zero-order valence-corrected chi connectivity index (χ0v) is 14.9. The summed E-state index contributed by atoms with van der Waals surface area (Å²) in [5, 5.41) is 1.67. The number of amides is 1. The predicted molar refractivity (Wildman–Crippen MR) is 96.4 cm³/mol. The molecule has 0 saturated carbocycles. The van der Waals surface area contributed by atoms with Crippen LogP contribution in [-0.2, 0) is 9.84 Å². The maximum atomic E-state index is 13.1. The van der Waals surface area contributed by atoms with Gasteiger partial charge in [-0.15, -0.1) is 0 Å². The van der Waals surface area contributed by atoms with Crippen molar-refractivity contribution in [1.29, 1.82) is 0 Å². The second-order valence-corrected chi connectivity index (χ2v) is 7.95. The zero-order chi connectivity index (χ0) is 18.6. The highest BCUT2D eigenvalue weighted by molar-refractivity contribution is 7.91. The number of carbonyl (C=O) groups excluding carboxylic acids is 1. The van der Waals surface area contributed by atoms with Gasteiger partial charge in [-0.3, -0.25) is 9.78 Å². The number of carbonyl (C=O) groups is 1. The molecule has 0 aliphatic carbocycles. The molecule has 134 valence electrons. The summed E-state index contributed by atoms with van der Waals surface area (Å²) in [5.74, 6) is -0.342. The van der Waals surface area contributed by atoms with E-state index in [1.807, 2.05) is 6.92 Å². The Balaban J connectivity index is 1.91. The molecule has 1 aromatic carbocycles. The van der Waals surface area contributed by atoms with Gasteiger partial charge in [-0.2, -0.15) is 0 Å². The maximum Gasteiger partial charge on any atom is 0.287 e. The summed E-state index contributed by atoms with van der Waals surface area (Å²) in [6.45, 7) is 1.79. The van der Waals surface area contributed by atoms with Crippen molar-refractivity contribution in [2.24, 2.45) is 0 Å². The first-order chi connectivity index (χ1) is 12.5. The second kappa shape index (κ2) is 7.53. The van der Waals surface area contributed by atoms with Crippen LogP contribution in [0.2, 0.25) is 0 Å². The number of aromatic nitrogens is 1. The predicted octanol–water partition coefficient (Wildman–Crippen LogP) is 2.93. The third-order valence-electron chi connectivity index (χ3n) is 3.97. The lowest BCUT2D eigenvalue weighted by Crippen LogP contribution is -2.31. The van der Waals surface area contributed by atoms with E-state index >= 15 is 0 Å². The third-order valence-corrected chi connectivity index (χ3v) is 6.09. The van der Waals surface area contributed by atoms with Crippen LogP contribution in [0.25, 0.3) is 0 Å². The number of nitrogens with one attached hydrogen (secondary N) is 1. The third kappa shape index (κ3) is 3.83. The van der Waals surface area contributed by atoms with Gasteiger partial charge in [-0.1, -0.05) is 23.8 Å². The summed E-state index contributed by atoms with van der Waals surface area (Å²) in [6, 6.07) is 13.1. The van der Waals surface area contributed by atoms with Crippen molar-refractivity contribution < 1.29 is 17.6 Å². The fraction of sp³-hybridized carbons (Fsp3) is 0.158. The Morgan fingerprint density at radius 2 is 1.92 bits per heavy atom. The average molecular weight is 370 g/mol. The van der Waals surface area contributed by atoms with Crippen LogP contribution in [0.4, 0.5) is 0 Å². The molecule has 2 heterocycles. The number of aryl methyl sites for hydroxylation is 1. The first kappa shape index (κ1) is 17.9. The Bertz CT molecular complexity index is 966. The summed E-state index contributed by atoms with van der Waals surface area (Å²) < 4.78 is 31.3. The molecule has 2 aromatic heterocycles. The summed E-state index contributed by atoms with van der Waals surface area (Å²) in [7, 11) is -3.72. The molecule has 0 saturated heterocycles. The fourth-order valence-electron chi connectivity index (χ4n) is 2.55. The maximum absolute atomic E-state index is 13.1. The van der Waals surface area contributed by atoms with Gasteiger partial charge in [-0.25, -0.2) is 8.42 Å². The van der Waals surface area contributed by atoms with Gasteiger partial charge in [0.2, 0.25) is 0 Å². The molecule has 3 rings (SSSR count). The number of hydrogen-bond donors (Lipinski definition) is 1. The van der Waals surface area contributed by atoms with Gasteiger partial charge in [-0.05, 0) is 42.8 Å². The van der Waals surface area contributed by atoms with Gasteiger partial charge in [0, 0.05) is 18.9 Å². The number of nitrogens with zero attached hydrogens (tertiary/aromatic N) is 1. The fourth-order valence-corrected chi connectivity index (χ4v) is 4.19. The number of hydrogen-bond acceptors (Lipinski definition) is 5. The van der Waals surface area contributed by atoms with Crippen molar-refractivity contribution in [3.63, 3.8) is 0 Å². The van der Waals surface area contributed by atoms with E-state index in [0.717, 1.165) is 5.56 Å². The molecule has 26 heavy (non-hydrogen) atoms. The molecule has 1 N–H and O–H groups in total. The zero-order valence-electron chi connectivity index (χ0n) is 14.1. The largest absolute Gasteiger partial charge is 0.459 e. The SMILES string of the molecule is Cc1ccc(S(=O)(=O)[C@H](CNC(=O)c2ccco2)c2cccnc2)cc1. The van der Waals surface area contributed by atoms with Gasteiger partial charge < -0.3 is 9.73 Å². The highest BCUT2D eigenvalue weighted by atomic mass is 32.2. The van der Waals surface area contributed by atoms with E-state index in [9.17, 15) is 13.2 Å². The molecule has 0 bridgehead atoms. The summed E-state index contributed by atoms with van der Waals surface area (Å²) in [4.78, 5) is 16.3. The second-order valence-electron chi connectivity index (χ2n) is 5.82. The molecule has 7 heteroatoms. The van der Waals surface area contributed by atoms with Gasteiger partial charge in [0.25, 0.3) is 5.91 Å². The van der Waals surface area contributed by atoms with E-state index in [1.54, 1.807) is 48.7 Å². The molecule has 3 aromatic rings. The van der Waals surface area contributed by atoms with Crippen LogP contribution in [0.3, 0.4) is 0 Å². The lowest BCUT2D eigenvalue weighted by Gasteiger charge is -2.18. The van der Waals surface area contributed by atoms with Gasteiger partial charge in [0.05, 0.1) is 11.2 Å². The van der Waals surface area contributed by atoms with Crippen LogP contribution in [-0.4, -0.2) is 25.9 Å². The number of pyridine rings is 1. The Morgan fingerprint density at radius 1 is 1.15 bits per heavy atom. The number of sulfone groups is 1. The van der Waals surface area contributed by atoms with Crippen LogP contribution in [0.5, 0.6) is 0 Å². The van der Waals surface area contributed by atoms with Gasteiger partial charge in [0.1, 0.15) is 5.25 Å². The van der Waals surface area contributed by atoms with Crippen LogP contribution >= 0.6 is 0 Å². The lowest BCUT2D eigenvalue weighted by atomic mass is 10.2. The lowest BCUT2D eigenvalue weighted by molar-refractivity contribution is 0.0926. The van der Waals surface area contributed by atoms with Crippen molar-refractivity contribution in [3.05, 3.63) is 84.1 Å². The minimum absolute atomic E-state index is 0.0958. The molecule has 6 nitrogen and oxygen atoms in total. The Kier molecular flexibility index (Phi) is 5.18. The van der Waals surface area contributed by atoms with Crippen molar-refractivity contribution in [2.75, 3.05) is 6.54 Å². The molecule has 0 fully saturated rings. The first-order valence-corrected chi connectivity index (χ1v) is 9.55. The van der Waals surface area contributed by atoms with Crippen molar-refractivity contribution >= 4 is 15.7 Å². The first-order valence-electron chi connectivity index (χ1n) is 8.00. The molecule has 0 unspecified atom stereocenters. The molecular formula is C19H18N2O4S. The normalized spacial score (nSPS) is 12.5.